The Bertz CT molecular complexity index is 532. The molecule has 0 bridgehead atoms. The first-order valence-corrected chi connectivity index (χ1v) is 6.19. The van der Waals surface area contributed by atoms with Gasteiger partial charge in [0.25, 0.3) is 6.01 Å². The Hall–Kier alpha value is -1.82. The molecule has 0 fully saturated rings. The molecule has 0 atom stereocenters. The molecule has 6 nitrogen and oxygen atoms in total. The van der Waals surface area contributed by atoms with E-state index in [-0.39, 0.29) is 6.01 Å². The van der Waals surface area contributed by atoms with E-state index in [2.05, 4.69) is 28.7 Å². The van der Waals surface area contributed by atoms with Crippen LogP contribution >= 0.6 is 0 Å². The smallest absolute Gasteiger partial charge is 0.296 e. The zero-order chi connectivity index (χ0) is 13.1. The summed E-state index contributed by atoms with van der Waals surface area (Å²) in [5.41, 5.74) is 6.97. The van der Waals surface area contributed by atoms with Crippen molar-refractivity contribution < 1.29 is 5.11 Å². The van der Waals surface area contributed by atoms with Crippen LogP contribution in [0.3, 0.4) is 0 Å². The van der Waals surface area contributed by atoms with Gasteiger partial charge in [-0.2, -0.15) is 4.98 Å². The molecular weight excluding hydrogens is 230 g/mol. The van der Waals surface area contributed by atoms with Crippen molar-refractivity contribution >= 4 is 17.0 Å². The maximum Gasteiger partial charge on any atom is 0.296 e. The van der Waals surface area contributed by atoms with Crippen LogP contribution in [-0.4, -0.2) is 44.2 Å². The zero-order valence-electron chi connectivity index (χ0n) is 10.8. The van der Waals surface area contributed by atoms with Crippen molar-refractivity contribution in [2.75, 3.05) is 25.4 Å². The number of hydrogen-bond acceptors (Lipinski definition) is 5. The second-order valence-electron chi connectivity index (χ2n) is 4.17. The molecule has 0 saturated heterocycles. The van der Waals surface area contributed by atoms with E-state index in [9.17, 15) is 5.11 Å². The summed E-state index contributed by atoms with van der Waals surface area (Å²) in [6, 6.07) is 3.45. The van der Waals surface area contributed by atoms with E-state index < -0.39 is 0 Å². The number of fused-ring (bicyclic) bond motifs is 1. The number of hydrogen-bond donors (Lipinski definition) is 2. The molecule has 0 aliphatic heterocycles. The highest BCUT2D eigenvalue weighted by Gasteiger charge is 2.11. The van der Waals surface area contributed by atoms with Crippen molar-refractivity contribution in [2.24, 2.45) is 0 Å². The topological polar surface area (TPSA) is 80.2 Å². The van der Waals surface area contributed by atoms with Crippen LogP contribution < -0.4 is 5.73 Å². The number of rotatable bonds is 5. The van der Waals surface area contributed by atoms with Gasteiger partial charge < -0.3 is 15.7 Å². The lowest BCUT2D eigenvalue weighted by Gasteiger charge is -2.18. The second kappa shape index (κ2) is 5.22. The largest absolute Gasteiger partial charge is 0.480 e. The van der Waals surface area contributed by atoms with Gasteiger partial charge in [0, 0.05) is 13.1 Å². The van der Waals surface area contributed by atoms with Gasteiger partial charge in [-0.25, -0.2) is 4.98 Å². The highest BCUT2D eigenvalue weighted by Crippen LogP contribution is 2.19. The molecule has 0 amide bonds. The third kappa shape index (κ3) is 2.38. The summed E-state index contributed by atoms with van der Waals surface area (Å²) in [5.74, 6) is 0.437. The highest BCUT2D eigenvalue weighted by molar-refractivity contribution is 5.74. The Labute approximate surface area is 106 Å². The number of imidazole rings is 1. The molecule has 98 valence electrons. The van der Waals surface area contributed by atoms with E-state index in [1.165, 1.54) is 0 Å². The van der Waals surface area contributed by atoms with E-state index in [0.717, 1.165) is 19.6 Å². The summed E-state index contributed by atoms with van der Waals surface area (Å²) in [6.45, 7) is 7.71. The molecular formula is C12H19N5O. The van der Waals surface area contributed by atoms with E-state index in [4.69, 9.17) is 5.73 Å². The molecule has 0 saturated carbocycles. The van der Waals surface area contributed by atoms with Gasteiger partial charge in [-0.05, 0) is 25.2 Å². The maximum absolute atomic E-state index is 9.84. The molecule has 6 heteroatoms. The average Bonchev–Trinajstić information content (AvgIpc) is 2.66. The van der Waals surface area contributed by atoms with Gasteiger partial charge in [0.15, 0.2) is 5.65 Å². The van der Waals surface area contributed by atoms with Crippen LogP contribution in [0.1, 0.15) is 13.8 Å². The minimum absolute atomic E-state index is 0.00439. The van der Waals surface area contributed by atoms with Crippen LogP contribution in [0.25, 0.3) is 11.2 Å². The zero-order valence-corrected chi connectivity index (χ0v) is 10.8. The third-order valence-electron chi connectivity index (χ3n) is 3.13. The Morgan fingerprint density at radius 1 is 1.28 bits per heavy atom. The monoisotopic (exact) mass is 249 g/mol. The number of nitrogens with two attached hydrogens (primary N) is 1. The van der Waals surface area contributed by atoms with E-state index in [1.807, 2.05) is 0 Å². The van der Waals surface area contributed by atoms with Gasteiger partial charge in [0.2, 0.25) is 0 Å². The molecule has 2 rings (SSSR count). The van der Waals surface area contributed by atoms with Crippen molar-refractivity contribution in [1.29, 1.82) is 0 Å². The predicted molar refractivity (Wildman–Crippen MR) is 71.4 cm³/mol. The predicted octanol–water partition coefficient (Wildman–Crippen LogP) is 1.06. The van der Waals surface area contributed by atoms with Gasteiger partial charge >= 0.3 is 0 Å². The van der Waals surface area contributed by atoms with Crippen LogP contribution in [0.15, 0.2) is 12.1 Å². The first kappa shape index (κ1) is 12.6. The summed E-state index contributed by atoms with van der Waals surface area (Å²) in [6.07, 6.45) is 0. The molecule has 0 aliphatic carbocycles. The standard InChI is InChI=1S/C12H19N5O/c1-3-16(4-2)7-8-17-11-9(14-12(17)18)5-6-10(13)15-11/h5-6H,3-4,7-8H2,1-2H3,(H2,13,15)(H,14,18). The first-order valence-electron chi connectivity index (χ1n) is 6.19. The molecule has 0 unspecified atom stereocenters. The average molecular weight is 249 g/mol. The summed E-state index contributed by atoms with van der Waals surface area (Å²) < 4.78 is 1.70. The number of aromatic nitrogens is 3. The lowest BCUT2D eigenvalue weighted by atomic mass is 10.4. The maximum atomic E-state index is 9.84. The molecule has 3 N–H and O–H groups in total. The Morgan fingerprint density at radius 3 is 2.67 bits per heavy atom. The van der Waals surface area contributed by atoms with Gasteiger partial charge in [0.05, 0.1) is 0 Å². The van der Waals surface area contributed by atoms with Crippen LogP contribution in [0.2, 0.25) is 0 Å². The molecule has 2 aromatic rings. The van der Waals surface area contributed by atoms with E-state index in [0.29, 0.717) is 23.5 Å². The number of likely N-dealkylation sites (N-methyl/N-ethyl adjacent to an activating group) is 1. The summed E-state index contributed by atoms with van der Waals surface area (Å²) in [5, 5.41) is 9.84. The van der Waals surface area contributed by atoms with Gasteiger partial charge in [-0.1, -0.05) is 13.8 Å². The lowest BCUT2D eigenvalue weighted by molar-refractivity contribution is 0.283. The minimum Gasteiger partial charge on any atom is -0.480 e. The summed E-state index contributed by atoms with van der Waals surface area (Å²) in [4.78, 5) is 10.6. The molecule has 2 aromatic heterocycles. The fraction of sp³-hybridized carbons (Fsp3) is 0.500. The van der Waals surface area contributed by atoms with Gasteiger partial charge in [-0.15, -0.1) is 0 Å². The van der Waals surface area contributed by atoms with E-state index >= 15 is 0 Å². The van der Waals surface area contributed by atoms with Crippen LogP contribution in [0.5, 0.6) is 6.01 Å². The van der Waals surface area contributed by atoms with Crippen molar-refractivity contribution in [3.63, 3.8) is 0 Å². The van der Waals surface area contributed by atoms with Crippen molar-refractivity contribution in [1.82, 2.24) is 19.4 Å². The second-order valence-corrected chi connectivity index (χ2v) is 4.17. The quantitative estimate of drug-likeness (QED) is 0.828. The lowest BCUT2D eigenvalue weighted by Crippen LogP contribution is -2.27. The van der Waals surface area contributed by atoms with Crippen LogP contribution in [0, 0.1) is 0 Å². The third-order valence-corrected chi connectivity index (χ3v) is 3.13. The normalized spacial score (nSPS) is 11.5. The van der Waals surface area contributed by atoms with E-state index in [1.54, 1.807) is 16.7 Å². The Balaban J connectivity index is 2.26. The molecule has 0 radical (unpaired) electrons. The summed E-state index contributed by atoms with van der Waals surface area (Å²) >= 11 is 0. The molecule has 18 heavy (non-hydrogen) atoms. The fourth-order valence-electron chi connectivity index (χ4n) is 1.99. The SMILES string of the molecule is CCN(CC)CCn1c(O)nc2ccc(N)nc21. The highest BCUT2D eigenvalue weighted by atomic mass is 16.3. The number of nitrogens with zero attached hydrogens (tertiary/aromatic N) is 4. The number of anilines is 1. The van der Waals surface area contributed by atoms with Crippen molar-refractivity contribution in [2.45, 2.75) is 20.4 Å². The minimum atomic E-state index is -0.00439. The molecule has 0 aliphatic rings. The van der Waals surface area contributed by atoms with Crippen LogP contribution in [-0.2, 0) is 6.54 Å². The number of pyridine rings is 1. The summed E-state index contributed by atoms with van der Waals surface area (Å²) in [7, 11) is 0. The Kier molecular flexibility index (Phi) is 3.66. The van der Waals surface area contributed by atoms with Crippen molar-refractivity contribution in [3.05, 3.63) is 12.1 Å². The first-order chi connectivity index (χ1) is 8.65. The van der Waals surface area contributed by atoms with Crippen molar-refractivity contribution in [3.8, 4) is 6.01 Å². The van der Waals surface area contributed by atoms with Crippen LogP contribution in [0.4, 0.5) is 5.82 Å². The molecule has 2 heterocycles. The number of aromatic hydroxyl groups is 1. The fourth-order valence-corrected chi connectivity index (χ4v) is 1.99. The Morgan fingerprint density at radius 2 is 2.00 bits per heavy atom. The van der Waals surface area contributed by atoms with Gasteiger partial charge in [0.1, 0.15) is 11.3 Å². The molecule has 0 aromatic carbocycles. The molecule has 0 spiro atoms. The number of nitrogen functional groups attached to an aromatic ring is 1. The van der Waals surface area contributed by atoms with Gasteiger partial charge in [-0.3, -0.25) is 4.57 Å².